The Labute approximate surface area is 234 Å². The molecule has 15 heteroatoms. The first-order valence-corrected chi connectivity index (χ1v) is 14.4. The van der Waals surface area contributed by atoms with E-state index in [9.17, 15) is 30.8 Å². The molecule has 222 valence electrons. The van der Waals surface area contributed by atoms with Crippen molar-refractivity contribution in [2.75, 3.05) is 38.3 Å². The van der Waals surface area contributed by atoms with Gasteiger partial charge in [-0.05, 0) is 30.3 Å². The molecule has 2 saturated heterocycles. The third-order valence-electron chi connectivity index (χ3n) is 7.12. The molecule has 3 aromatic rings. The Kier molecular flexibility index (Phi) is 8.38. The molecule has 2 fully saturated rings. The van der Waals surface area contributed by atoms with Crippen LogP contribution in [0.1, 0.15) is 41.4 Å². The first-order valence-electron chi connectivity index (χ1n) is 13.0. The molecule has 2 aromatic heterocycles. The lowest BCUT2D eigenvalue weighted by molar-refractivity contribution is 0.0250. The molecule has 1 N–H and O–H groups in total. The number of benzene rings is 1. The van der Waals surface area contributed by atoms with Crippen LogP contribution in [-0.2, 0) is 14.9 Å². The van der Waals surface area contributed by atoms with Crippen LogP contribution in [0.25, 0.3) is 5.65 Å². The topological polar surface area (TPSA) is 105 Å². The van der Waals surface area contributed by atoms with E-state index in [1.807, 2.05) is 0 Å². The standard InChI is InChI=1S/C26H29F4N5O5S/c1-33(15-24(29)30)41(37,38)32-26(36)22-12-31-25-5-3-18(14-35(22)25)34-13-17(28)11-21(34)20-10-16(27)2-4-23(20)40-19-6-8-39-9-7-19/h2-5,10,12,14,17,19,21,24H,6-9,11,13,15H2,1H3,(H,32,36). The molecule has 1 amide bonds. The van der Waals surface area contributed by atoms with Gasteiger partial charge < -0.3 is 14.4 Å². The van der Waals surface area contributed by atoms with Crippen LogP contribution in [0.15, 0.2) is 42.7 Å². The summed E-state index contributed by atoms with van der Waals surface area (Å²) in [4.78, 5) is 18.7. The third-order valence-corrected chi connectivity index (χ3v) is 8.54. The van der Waals surface area contributed by atoms with Crippen LogP contribution >= 0.6 is 0 Å². The number of aromatic nitrogens is 2. The van der Waals surface area contributed by atoms with Crippen LogP contribution in [0.5, 0.6) is 5.75 Å². The second-order valence-electron chi connectivity index (χ2n) is 9.98. The van der Waals surface area contributed by atoms with Crippen molar-refractivity contribution in [3.63, 3.8) is 0 Å². The molecule has 2 aliphatic heterocycles. The van der Waals surface area contributed by atoms with Gasteiger partial charge in [-0.25, -0.2) is 27.3 Å². The number of halogens is 4. The van der Waals surface area contributed by atoms with Crippen LogP contribution in [0, 0.1) is 5.82 Å². The lowest BCUT2D eigenvalue weighted by Crippen LogP contribution is -2.43. The summed E-state index contributed by atoms with van der Waals surface area (Å²) in [6.45, 7) is -0.0186. The first-order chi connectivity index (χ1) is 19.5. The van der Waals surface area contributed by atoms with Crippen molar-refractivity contribution in [2.45, 2.75) is 44.0 Å². The summed E-state index contributed by atoms with van der Waals surface area (Å²) >= 11 is 0. The number of alkyl halides is 3. The van der Waals surface area contributed by atoms with E-state index in [0.717, 1.165) is 13.2 Å². The van der Waals surface area contributed by atoms with Gasteiger partial charge >= 0.3 is 10.2 Å². The number of nitrogens with one attached hydrogen (secondary N) is 1. The number of imidazole rings is 1. The second-order valence-corrected chi connectivity index (χ2v) is 11.8. The summed E-state index contributed by atoms with van der Waals surface area (Å²) in [6.07, 6.45) is -0.242. The Morgan fingerprint density at radius 1 is 1.24 bits per heavy atom. The summed E-state index contributed by atoms with van der Waals surface area (Å²) in [5.41, 5.74) is 1.05. The number of fused-ring (bicyclic) bond motifs is 1. The molecule has 0 aliphatic carbocycles. The summed E-state index contributed by atoms with van der Waals surface area (Å²) < 4.78 is 94.4. The second kappa shape index (κ2) is 11.8. The Morgan fingerprint density at radius 3 is 2.73 bits per heavy atom. The van der Waals surface area contributed by atoms with Gasteiger partial charge in [-0.2, -0.15) is 12.7 Å². The van der Waals surface area contributed by atoms with Gasteiger partial charge in [0.15, 0.2) is 0 Å². The lowest BCUT2D eigenvalue weighted by Gasteiger charge is -2.30. The normalized spacial score (nSPS) is 20.3. The number of hydrogen-bond acceptors (Lipinski definition) is 7. The van der Waals surface area contributed by atoms with Gasteiger partial charge in [0.1, 0.15) is 35.2 Å². The molecule has 41 heavy (non-hydrogen) atoms. The zero-order chi connectivity index (χ0) is 29.3. The van der Waals surface area contributed by atoms with Crippen molar-refractivity contribution >= 4 is 27.5 Å². The van der Waals surface area contributed by atoms with E-state index in [0.29, 0.717) is 53.0 Å². The summed E-state index contributed by atoms with van der Waals surface area (Å²) in [7, 11) is -3.63. The number of anilines is 1. The maximum atomic E-state index is 14.9. The van der Waals surface area contributed by atoms with Crippen LogP contribution < -0.4 is 14.4 Å². The Balaban J connectivity index is 1.44. The van der Waals surface area contributed by atoms with Crippen LogP contribution in [0.4, 0.5) is 23.2 Å². The fourth-order valence-corrected chi connectivity index (χ4v) is 5.88. The van der Waals surface area contributed by atoms with E-state index in [1.54, 1.807) is 21.8 Å². The SMILES string of the molecule is CN(CC(F)F)S(=O)(=O)NC(=O)c1cnc2ccc(N3CC(F)CC3c3cc(F)ccc3OC3CCOCC3)cn12. The Morgan fingerprint density at radius 2 is 2.00 bits per heavy atom. The number of pyridine rings is 1. The minimum atomic E-state index is -4.55. The van der Waals surface area contributed by atoms with E-state index >= 15 is 0 Å². The lowest BCUT2D eigenvalue weighted by atomic mass is 10.0. The smallest absolute Gasteiger partial charge is 0.304 e. The number of nitrogens with zero attached hydrogens (tertiary/aromatic N) is 4. The summed E-state index contributed by atoms with van der Waals surface area (Å²) in [5.74, 6) is -1.14. The molecular formula is C26H29F4N5O5S. The fraction of sp³-hybridized carbons (Fsp3) is 0.462. The van der Waals surface area contributed by atoms with Gasteiger partial charge in [-0.3, -0.25) is 9.20 Å². The fourth-order valence-electron chi connectivity index (χ4n) is 5.07. The maximum Gasteiger partial charge on any atom is 0.304 e. The molecule has 0 bridgehead atoms. The number of carbonyl (C=O) groups is 1. The number of carbonyl (C=O) groups excluding carboxylic acids is 1. The highest BCUT2D eigenvalue weighted by Crippen LogP contribution is 2.42. The van der Waals surface area contributed by atoms with Gasteiger partial charge in [0.05, 0.1) is 37.7 Å². The van der Waals surface area contributed by atoms with Crippen LogP contribution in [0.3, 0.4) is 0 Å². The summed E-state index contributed by atoms with van der Waals surface area (Å²) in [6, 6.07) is 6.80. The highest BCUT2D eigenvalue weighted by Gasteiger charge is 2.36. The Bertz CT molecular complexity index is 1520. The van der Waals surface area contributed by atoms with Crippen molar-refractivity contribution in [3.05, 3.63) is 59.8 Å². The molecule has 0 radical (unpaired) electrons. The summed E-state index contributed by atoms with van der Waals surface area (Å²) in [5, 5.41) is 0. The van der Waals surface area contributed by atoms with E-state index < -0.39 is 47.1 Å². The van der Waals surface area contributed by atoms with E-state index in [2.05, 4.69) is 4.98 Å². The molecule has 10 nitrogen and oxygen atoms in total. The zero-order valence-electron chi connectivity index (χ0n) is 22.1. The molecular weight excluding hydrogens is 570 g/mol. The van der Waals surface area contributed by atoms with Crippen LogP contribution in [-0.4, -0.2) is 80.1 Å². The predicted octanol–water partition coefficient (Wildman–Crippen LogP) is 3.49. The zero-order valence-corrected chi connectivity index (χ0v) is 22.9. The average molecular weight is 600 g/mol. The number of ether oxygens (including phenoxy) is 2. The molecule has 5 rings (SSSR count). The van der Waals surface area contributed by atoms with Crippen LogP contribution in [0.2, 0.25) is 0 Å². The van der Waals surface area contributed by atoms with Crippen molar-refractivity contribution in [2.24, 2.45) is 0 Å². The van der Waals surface area contributed by atoms with Crippen molar-refractivity contribution in [1.82, 2.24) is 18.4 Å². The number of amides is 1. The average Bonchev–Trinajstić information content (AvgIpc) is 3.53. The van der Waals surface area contributed by atoms with Crippen molar-refractivity contribution in [1.29, 1.82) is 0 Å². The molecule has 0 spiro atoms. The Hall–Kier alpha value is -3.43. The first kappa shape index (κ1) is 29.1. The van der Waals surface area contributed by atoms with Gasteiger partial charge in [0, 0.05) is 44.6 Å². The highest BCUT2D eigenvalue weighted by molar-refractivity contribution is 7.87. The van der Waals surface area contributed by atoms with E-state index in [1.165, 1.54) is 28.8 Å². The largest absolute Gasteiger partial charge is 0.490 e. The molecule has 2 unspecified atom stereocenters. The molecule has 4 heterocycles. The maximum absolute atomic E-state index is 14.9. The number of hydrogen-bond donors (Lipinski definition) is 1. The minimum absolute atomic E-state index is 0.0214. The predicted molar refractivity (Wildman–Crippen MR) is 141 cm³/mol. The molecule has 0 saturated carbocycles. The molecule has 1 aromatic carbocycles. The van der Waals surface area contributed by atoms with Gasteiger partial charge in [0.2, 0.25) is 0 Å². The van der Waals surface area contributed by atoms with E-state index in [-0.39, 0.29) is 24.8 Å². The van der Waals surface area contributed by atoms with E-state index in [4.69, 9.17) is 9.47 Å². The molecule has 2 aliphatic rings. The quantitative estimate of drug-likeness (QED) is 0.376. The van der Waals surface area contributed by atoms with Gasteiger partial charge in [-0.1, -0.05) is 0 Å². The van der Waals surface area contributed by atoms with Gasteiger partial charge in [0.25, 0.3) is 12.3 Å². The monoisotopic (exact) mass is 599 g/mol. The number of rotatable bonds is 9. The van der Waals surface area contributed by atoms with Crippen molar-refractivity contribution in [3.8, 4) is 5.75 Å². The van der Waals surface area contributed by atoms with Crippen molar-refractivity contribution < 1.29 is 40.2 Å². The minimum Gasteiger partial charge on any atom is -0.490 e. The highest BCUT2D eigenvalue weighted by atomic mass is 32.2. The van der Waals surface area contributed by atoms with Gasteiger partial charge in [-0.15, -0.1) is 0 Å². The third kappa shape index (κ3) is 6.41. The molecule has 2 atom stereocenters.